The molecule has 0 spiro atoms. The number of rotatable bonds is 6. The SMILES string of the molecule is COCCCOC(F)(F)C(=O)O. The van der Waals surface area contributed by atoms with Gasteiger partial charge in [-0.15, -0.1) is 0 Å². The van der Waals surface area contributed by atoms with Crippen LogP contribution in [0.2, 0.25) is 0 Å². The van der Waals surface area contributed by atoms with Crippen molar-refractivity contribution >= 4 is 5.97 Å². The number of hydrogen-bond donors (Lipinski definition) is 1. The zero-order chi connectivity index (χ0) is 9.61. The normalized spacial score (nSPS) is 11.6. The Bertz CT molecular complexity index is 148. The van der Waals surface area contributed by atoms with Crippen LogP contribution in [0.5, 0.6) is 0 Å². The second-order valence-electron chi connectivity index (χ2n) is 2.02. The molecule has 0 aromatic rings. The molecule has 0 bridgehead atoms. The Morgan fingerprint density at radius 3 is 2.50 bits per heavy atom. The first-order valence-corrected chi connectivity index (χ1v) is 3.25. The Balaban J connectivity index is 3.54. The van der Waals surface area contributed by atoms with Gasteiger partial charge >= 0.3 is 12.1 Å². The standard InChI is InChI=1S/C6H10F2O4/c1-11-3-2-4-12-6(7,8)5(9)10/h2-4H2,1H3,(H,9,10). The van der Waals surface area contributed by atoms with Gasteiger partial charge < -0.3 is 14.6 Å². The summed E-state index contributed by atoms with van der Waals surface area (Å²) in [5.74, 6) is -2.28. The van der Waals surface area contributed by atoms with E-state index < -0.39 is 12.1 Å². The Morgan fingerprint density at radius 1 is 1.50 bits per heavy atom. The fraction of sp³-hybridized carbons (Fsp3) is 0.833. The van der Waals surface area contributed by atoms with Crippen molar-refractivity contribution in [1.82, 2.24) is 0 Å². The molecule has 0 unspecified atom stereocenters. The van der Waals surface area contributed by atoms with Gasteiger partial charge in [0.1, 0.15) is 0 Å². The number of aliphatic carboxylic acids is 1. The van der Waals surface area contributed by atoms with E-state index in [0.717, 1.165) is 0 Å². The maximum atomic E-state index is 12.1. The molecule has 0 aliphatic carbocycles. The lowest BCUT2D eigenvalue weighted by atomic mass is 10.5. The lowest BCUT2D eigenvalue weighted by Crippen LogP contribution is -2.32. The molecule has 0 fully saturated rings. The van der Waals surface area contributed by atoms with Gasteiger partial charge in [-0.1, -0.05) is 0 Å². The van der Waals surface area contributed by atoms with Gasteiger partial charge in [0, 0.05) is 13.7 Å². The Hall–Kier alpha value is -0.750. The Labute approximate surface area is 68.1 Å². The molecule has 72 valence electrons. The zero-order valence-electron chi connectivity index (χ0n) is 6.55. The summed E-state index contributed by atoms with van der Waals surface area (Å²) in [4.78, 5) is 9.78. The van der Waals surface area contributed by atoms with Crippen LogP contribution in [0.3, 0.4) is 0 Å². The van der Waals surface area contributed by atoms with E-state index in [9.17, 15) is 13.6 Å². The topological polar surface area (TPSA) is 55.8 Å². The molecule has 0 amide bonds. The molecule has 6 heteroatoms. The molecule has 0 heterocycles. The van der Waals surface area contributed by atoms with Crippen LogP contribution in [-0.4, -0.2) is 37.5 Å². The zero-order valence-corrected chi connectivity index (χ0v) is 6.55. The average Bonchev–Trinajstić information content (AvgIpc) is 1.98. The van der Waals surface area contributed by atoms with Gasteiger partial charge in [0.15, 0.2) is 0 Å². The summed E-state index contributed by atoms with van der Waals surface area (Å²) in [5, 5.41) is 7.89. The third-order valence-corrected chi connectivity index (χ3v) is 1.03. The Kier molecular flexibility index (Phi) is 4.68. The maximum Gasteiger partial charge on any atom is 0.455 e. The van der Waals surface area contributed by atoms with Crippen LogP contribution in [0.25, 0.3) is 0 Å². The molecular formula is C6H10F2O4. The number of hydrogen-bond acceptors (Lipinski definition) is 3. The van der Waals surface area contributed by atoms with Gasteiger partial charge in [-0.2, -0.15) is 8.78 Å². The van der Waals surface area contributed by atoms with Crippen molar-refractivity contribution < 1.29 is 28.2 Å². The number of carboxylic acid groups (broad SMARTS) is 1. The van der Waals surface area contributed by atoms with E-state index in [0.29, 0.717) is 0 Å². The molecule has 0 aromatic heterocycles. The lowest BCUT2D eigenvalue weighted by Gasteiger charge is -2.10. The minimum absolute atomic E-state index is 0.235. The van der Waals surface area contributed by atoms with E-state index in [1.54, 1.807) is 0 Å². The van der Waals surface area contributed by atoms with Gasteiger partial charge in [-0.3, -0.25) is 0 Å². The first kappa shape index (κ1) is 11.2. The minimum Gasteiger partial charge on any atom is -0.475 e. The molecule has 4 nitrogen and oxygen atoms in total. The van der Waals surface area contributed by atoms with Crippen LogP contribution in [0, 0.1) is 0 Å². The molecule has 0 aliphatic rings. The third-order valence-electron chi connectivity index (χ3n) is 1.03. The average molecular weight is 184 g/mol. The predicted molar refractivity (Wildman–Crippen MR) is 35.0 cm³/mol. The highest BCUT2D eigenvalue weighted by molar-refractivity contribution is 5.73. The van der Waals surface area contributed by atoms with Gasteiger partial charge in [-0.25, -0.2) is 4.79 Å². The molecule has 0 rings (SSSR count). The van der Waals surface area contributed by atoms with E-state index in [4.69, 9.17) is 5.11 Å². The molecular weight excluding hydrogens is 174 g/mol. The van der Waals surface area contributed by atoms with Crippen molar-refractivity contribution in [2.75, 3.05) is 20.3 Å². The summed E-state index contributed by atoms with van der Waals surface area (Å²) in [6, 6.07) is 0. The molecule has 0 aliphatic heterocycles. The molecule has 0 saturated carbocycles. The molecule has 0 atom stereocenters. The van der Waals surface area contributed by atoms with Crippen molar-refractivity contribution in [3.8, 4) is 0 Å². The van der Waals surface area contributed by atoms with Crippen molar-refractivity contribution in [1.29, 1.82) is 0 Å². The number of carbonyl (C=O) groups is 1. The molecule has 1 N–H and O–H groups in total. The fourth-order valence-corrected chi connectivity index (χ4v) is 0.465. The molecule has 0 aromatic carbocycles. The summed E-state index contributed by atoms with van der Waals surface area (Å²) in [7, 11) is 1.41. The lowest BCUT2D eigenvalue weighted by molar-refractivity contribution is -0.246. The largest absolute Gasteiger partial charge is 0.475 e. The van der Waals surface area contributed by atoms with Gasteiger partial charge in [0.05, 0.1) is 6.61 Å². The second-order valence-corrected chi connectivity index (χ2v) is 2.02. The van der Waals surface area contributed by atoms with E-state index in [1.807, 2.05) is 0 Å². The first-order valence-electron chi connectivity index (χ1n) is 3.25. The van der Waals surface area contributed by atoms with Crippen molar-refractivity contribution in [3.05, 3.63) is 0 Å². The highest BCUT2D eigenvalue weighted by atomic mass is 19.3. The van der Waals surface area contributed by atoms with Crippen LogP contribution in [0.1, 0.15) is 6.42 Å². The summed E-state index contributed by atoms with van der Waals surface area (Å²) in [6.45, 7) is -0.0805. The van der Waals surface area contributed by atoms with Crippen molar-refractivity contribution in [2.45, 2.75) is 12.5 Å². The van der Waals surface area contributed by atoms with E-state index >= 15 is 0 Å². The number of alkyl halides is 2. The maximum absolute atomic E-state index is 12.1. The molecule has 0 radical (unpaired) electrons. The molecule has 12 heavy (non-hydrogen) atoms. The summed E-state index contributed by atoms with van der Waals surface area (Å²) in [5.41, 5.74) is 0. The first-order chi connectivity index (χ1) is 5.50. The Morgan fingerprint density at radius 2 is 2.08 bits per heavy atom. The summed E-state index contributed by atoms with van der Waals surface area (Å²) >= 11 is 0. The van der Waals surface area contributed by atoms with Crippen LogP contribution >= 0.6 is 0 Å². The van der Waals surface area contributed by atoms with Crippen LogP contribution in [0.15, 0.2) is 0 Å². The highest BCUT2D eigenvalue weighted by Crippen LogP contribution is 2.15. The van der Waals surface area contributed by atoms with E-state index in [2.05, 4.69) is 9.47 Å². The van der Waals surface area contributed by atoms with Gasteiger partial charge in [-0.05, 0) is 6.42 Å². The van der Waals surface area contributed by atoms with Crippen LogP contribution in [-0.2, 0) is 14.3 Å². The van der Waals surface area contributed by atoms with Crippen molar-refractivity contribution in [2.24, 2.45) is 0 Å². The number of ether oxygens (including phenoxy) is 2. The number of halogens is 2. The van der Waals surface area contributed by atoms with E-state index in [1.165, 1.54) is 7.11 Å². The summed E-state index contributed by atoms with van der Waals surface area (Å²) < 4.78 is 32.5. The van der Waals surface area contributed by atoms with Gasteiger partial charge in [0.25, 0.3) is 0 Å². The monoisotopic (exact) mass is 184 g/mol. The van der Waals surface area contributed by atoms with Crippen molar-refractivity contribution in [3.63, 3.8) is 0 Å². The molecule has 0 saturated heterocycles. The van der Waals surface area contributed by atoms with Gasteiger partial charge in [0.2, 0.25) is 0 Å². The smallest absolute Gasteiger partial charge is 0.455 e. The summed E-state index contributed by atoms with van der Waals surface area (Å²) in [6.07, 6.45) is -3.85. The fourth-order valence-electron chi connectivity index (χ4n) is 0.465. The number of methoxy groups -OCH3 is 1. The predicted octanol–water partition coefficient (Wildman–Crippen LogP) is 0.717. The minimum atomic E-state index is -4.09. The highest BCUT2D eigenvalue weighted by Gasteiger charge is 2.40. The number of carboxylic acids is 1. The van der Waals surface area contributed by atoms with Crippen LogP contribution in [0.4, 0.5) is 8.78 Å². The second kappa shape index (κ2) is 5.00. The van der Waals surface area contributed by atoms with E-state index in [-0.39, 0.29) is 19.6 Å². The van der Waals surface area contributed by atoms with Crippen LogP contribution < -0.4 is 0 Å². The quantitative estimate of drug-likeness (QED) is 0.618. The third kappa shape index (κ3) is 4.20.